The van der Waals surface area contributed by atoms with E-state index in [0.717, 1.165) is 37.4 Å². The van der Waals surface area contributed by atoms with Gasteiger partial charge in [-0.15, -0.1) is 0 Å². The molecule has 1 aliphatic heterocycles. The second-order valence-electron chi connectivity index (χ2n) is 6.83. The van der Waals surface area contributed by atoms with Crippen LogP contribution in [0.15, 0.2) is 42.5 Å². The summed E-state index contributed by atoms with van der Waals surface area (Å²) in [7, 11) is 0. The fourth-order valence-electron chi connectivity index (χ4n) is 3.04. The summed E-state index contributed by atoms with van der Waals surface area (Å²) in [4.78, 5) is 0. The number of fused-ring (bicyclic) bond motifs is 1. The first kappa shape index (κ1) is 16.8. The monoisotopic (exact) mass is 324 g/mol. The molecule has 0 radical (unpaired) electrons. The van der Waals surface area contributed by atoms with Crippen molar-refractivity contribution < 1.29 is 4.74 Å². The van der Waals surface area contributed by atoms with Crippen LogP contribution in [0.25, 0.3) is 0 Å². The first-order valence-corrected chi connectivity index (χ1v) is 8.96. The number of aryl methyl sites for hydroxylation is 1. The van der Waals surface area contributed by atoms with Gasteiger partial charge in [-0.05, 0) is 49.9 Å². The number of hydrogen-bond donors (Lipinski definition) is 2. The zero-order valence-corrected chi connectivity index (χ0v) is 14.9. The molecule has 24 heavy (non-hydrogen) atoms. The number of ether oxygens (including phenoxy) is 1. The van der Waals surface area contributed by atoms with Crippen LogP contribution in [0.5, 0.6) is 5.75 Å². The lowest BCUT2D eigenvalue weighted by Gasteiger charge is -2.27. The highest BCUT2D eigenvalue weighted by Gasteiger charge is 2.18. The Labute approximate surface area is 145 Å². The van der Waals surface area contributed by atoms with Gasteiger partial charge in [0.2, 0.25) is 0 Å². The lowest BCUT2D eigenvalue weighted by molar-refractivity contribution is 0.202. The molecule has 0 saturated carbocycles. The van der Waals surface area contributed by atoms with E-state index in [2.05, 4.69) is 73.9 Å². The van der Waals surface area contributed by atoms with Gasteiger partial charge in [-0.1, -0.05) is 42.8 Å². The van der Waals surface area contributed by atoms with Crippen molar-refractivity contribution in [3.8, 4) is 5.75 Å². The molecule has 3 nitrogen and oxygen atoms in total. The third kappa shape index (κ3) is 4.30. The van der Waals surface area contributed by atoms with E-state index in [1.165, 1.54) is 16.7 Å². The van der Waals surface area contributed by atoms with Crippen LogP contribution in [0.4, 0.5) is 5.69 Å². The average molecular weight is 324 g/mol. The topological polar surface area (TPSA) is 33.3 Å². The van der Waals surface area contributed by atoms with Crippen molar-refractivity contribution in [3.05, 3.63) is 59.2 Å². The van der Waals surface area contributed by atoms with Crippen molar-refractivity contribution in [1.82, 2.24) is 5.32 Å². The Balaban J connectivity index is 1.55. The Morgan fingerprint density at radius 2 is 1.92 bits per heavy atom. The van der Waals surface area contributed by atoms with E-state index in [4.69, 9.17) is 4.74 Å². The minimum Gasteiger partial charge on any atom is -0.486 e. The highest BCUT2D eigenvalue weighted by atomic mass is 16.5. The normalized spacial score (nSPS) is 17.5. The quantitative estimate of drug-likeness (QED) is 0.831. The molecular weight excluding hydrogens is 296 g/mol. The Morgan fingerprint density at radius 3 is 2.67 bits per heavy atom. The van der Waals surface area contributed by atoms with Crippen LogP contribution in [-0.4, -0.2) is 18.7 Å². The maximum atomic E-state index is 5.98. The van der Waals surface area contributed by atoms with Crippen LogP contribution in [0.2, 0.25) is 0 Å². The smallest absolute Gasteiger partial charge is 0.142 e. The fourth-order valence-corrected chi connectivity index (χ4v) is 3.04. The highest BCUT2D eigenvalue weighted by Crippen LogP contribution is 2.31. The largest absolute Gasteiger partial charge is 0.486 e. The molecule has 3 rings (SSSR count). The molecule has 0 spiro atoms. The molecule has 0 bridgehead atoms. The first-order chi connectivity index (χ1) is 11.6. The van der Waals surface area contributed by atoms with E-state index in [-0.39, 0.29) is 0 Å². The molecule has 128 valence electrons. The van der Waals surface area contributed by atoms with E-state index < -0.39 is 0 Å². The van der Waals surface area contributed by atoms with Crippen molar-refractivity contribution >= 4 is 5.69 Å². The molecule has 2 aromatic carbocycles. The van der Waals surface area contributed by atoms with Crippen molar-refractivity contribution in [3.63, 3.8) is 0 Å². The number of anilines is 1. The Morgan fingerprint density at radius 1 is 1.17 bits per heavy atom. The second-order valence-corrected chi connectivity index (χ2v) is 6.83. The summed E-state index contributed by atoms with van der Waals surface area (Å²) in [5.41, 5.74) is 5.10. The van der Waals surface area contributed by atoms with E-state index in [9.17, 15) is 0 Å². The molecule has 0 aromatic heterocycles. The number of benzene rings is 2. The van der Waals surface area contributed by atoms with Crippen LogP contribution in [0.3, 0.4) is 0 Å². The summed E-state index contributed by atoms with van der Waals surface area (Å²) in [5.74, 6) is 0.983. The minimum absolute atomic E-state index is 0.290. The van der Waals surface area contributed by atoms with Crippen LogP contribution in [0.1, 0.15) is 37.0 Å². The van der Waals surface area contributed by atoms with Crippen LogP contribution < -0.4 is 15.4 Å². The molecular formula is C21H28N2O. The molecule has 2 unspecified atom stereocenters. The summed E-state index contributed by atoms with van der Waals surface area (Å²) in [6.45, 7) is 8.33. The second kappa shape index (κ2) is 7.71. The van der Waals surface area contributed by atoms with E-state index in [1.807, 2.05) is 0 Å². The van der Waals surface area contributed by atoms with Gasteiger partial charge in [-0.3, -0.25) is 0 Å². The van der Waals surface area contributed by atoms with Crippen molar-refractivity contribution in [2.24, 2.45) is 0 Å². The Kier molecular flexibility index (Phi) is 5.41. The number of nitrogens with one attached hydrogen (secondary N) is 2. The predicted molar refractivity (Wildman–Crippen MR) is 101 cm³/mol. The van der Waals surface area contributed by atoms with Gasteiger partial charge in [0.05, 0.1) is 12.2 Å². The van der Waals surface area contributed by atoms with Gasteiger partial charge >= 0.3 is 0 Å². The minimum atomic E-state index is 0.290. The molecule has 0 aliphatic carbocycles. The summed E-state index contributed by atoms with van der Waals surface area (Å²) >= 11 is 0. The first-order valence-electron chi connectivity index (χ1n) is 8.96. The third-order valence-electron chi connectivity index (χ3n) is 4.63. The van der Waals surface area contributed by atoms with E-state index in [1.54, 1.807) is 0 Å². The summed E-state index contributed by atoms with van der Waals surface area (Å²) in [6.07, 6.45) is 2.34. The average Bonchev–Trinajstić information content (AvgIpc) is 2.61. The lowest BCUT2D eigenvalue weighted by atomic mass is 10.0. The highest BCUT2D eigenvalue weighted by molar-refractivity contribution is 5.59. The van der Waals surface area contributed by atoms with Gasteiger partial charge in [0.25, 0.3) is 0 Å². The molecule has 0 saturated heterocycles. The van der Waals surface area contributed by atoms with Crippen molar-refractivity contribution in [2.75, 3.05) is 11.9 Å². The van der Waals surface area contributed by atoms with Crippen molar-refractivity contribution in [2.45, 2.75) is 52.3 Å². The lowest BCUT2D eigenvalue weighted by Crippen LogP contribution is -2.30. The van der Waals surface area contributed by atoms with Crippen LogP contribution in [-0.2, 0) is 13.0 Å². The van der Waals surface area contributed by atoms with E-state index in [0.29, 0.717) is 12.1 Å². The molecule has 1 heterocycles. The molecule has 2 aromatic rings. The zero-order valence-electron chi connectivity index (χ0n) is 14.9. The van der Waals surface area contributed by atoms with Gasteiger partial charge in [0.15, 0.2) is 0 Å². The fraction of sp³-hybridized carbons (Fsp3) is 0.429. The summed E-state index contributed by atoms with van der Waals surface area (Å²) < 4.78 is 5.98. The van der Waals surface area contributed by atoms with Gasteiger partial charge in [-0.25, -0.2) is 0 Å². The number of hydrogen-bond acceptors (Lipinski definition) is 3. The summed E-state index contributed by atoms with van der Waals surface area (Å²) in [6, 6.07) is 15.7. The van der Waals surface area contributed by atoms with Crippen LogP contribution in [0, 0.1) is 6.92 Å². The number of rotatable bonds is 6. The van der Waals surface area contributed by atoms with Gasteiger partial charge in [-0.2, -0.15) is 0 Å². The Bertz CT molecular complexity index is 666. The molecule has 0 fully saturated rings. The maximum Gasteiger partial charge on any atom is 0.142 e. The molecule has 2 N–H and O–H groups in total. The van der Waals surface area contributed by atoms with E-state index >= 15 is 0 Å². The third-order valence-corrected chi connectivity index (χ3v) is 4.63. The van der Waals surface area contributed by atoms with Gasteiger partial charge in [0.1, 0.15) is 11.9 Å². The van der Waals surface area contributed by atoms with Crippen molar-refractivity contribution in [1.29, 1.82) is 0 Å². The SMILES string of the molecule is CCC1CNc2cc(CC(C)NCc3ccc(C)cc3)ccc2O1. The van der Waals surface area contributed by atoms with Gasteiger partial charge in [0, 0.05) is 12.6 Å². The molecule has 3 heteroatoms. The molecule has 0 amide bonds. The predicted octanol–water partition coefficient (Wildman–Crippen LogP) is 4.30. The molecule has 1 aliphatic rings. The van der Waals surface area contributed by atoms with Crippen LogP contribution >= 0.6 is 0 Å². The zero-order chi connectivity index (χ0) is 16.9. The van der Waals surface area contributed by atoms with Gasteiger partial charge < -0.3 is 15.4 Å². The molecule has 2 atom stereocenters. The Hall–Kier alpha value is -2.00. The standard InChI is InChI=1S/C21H28N2O/c1-4-19-14-23-20-12-18(9-10-21(20)24-19)11-16(3)22-13-17-7-5-15(2)6-8-17/h5-10,12,16,19,22-23H,4,11,13-14H2,1-3H3. The summed E-state index contributed by atoms with van der Waals surface area (Å²) in [5, 5.41) is 7.11. The maximum absolute atomic E-state index is 5.98.